The molecule has 0 saturated carbocycles. The van der Waals surface area contributed by atoms with Crippen LogP contribution in [0, 0.1) is 5.82 Å². The van der Waals surface area contributed by atoms with Crippen LogP contribution in [0.15, 0.2) is 12.3 Å². The molecule has 0 aromatic carbocycles. The fourth-order valence-electron chi connectivity index (χ4n) is 0.951. The van der Waals surface area contributed by atoms with Gasteiger partial charge in [0.1, 0.15) is 11.2 Å². The van der Waals surface area contributed by atoms with Gasteiger partial charge in [0.25, 0.3) is 0 Å². The van der Waals surface area contributed by atoms with E-state index in [1.807, 2.05) is 0 Å². The van der Waals surface area contributed by atoms with Crippen LogP contribution in [0.3, 0.4) is 0 Å². The Labute approximate surface area is 87.3 Å². The number of nitrogens with zero attached hydrogens (tertiary/aromatic N) is 1. The largest absolute Gasteiger partial charge is 0.456 e. The number of hydrogen-bond donors (Lipinski definition) is 1. The Balaban J connectivity index is 2.97. The molecule has 0 aliphatic rings. The maximum Gasteiger partial charge on any atom is 0.341 e. The van der Waals surface area contributed by atoms with Gasteiger partial charge in [-0.05, 0) is 26.8 Å². The van der Waals surface area contributed by atoms with Crippen molar-refractivity contribution in [1.29, 1.82) is 0 Å². The van der Waals surface area contributed by atoms with E-state index in [4.69, 9.17) is 10.5 Å². The number of carbonyl (C=O) groups excluding carboxylic acids is 1. The first-order valence-electron chi connectivity index (χ1n) is 4.44. The van der Waals surface area contributed by atoms with Crippen molar-refractivity contribution in [2.45, 2.75) is 26.4 Å². The molecule has 1 aromatic heterocycles. The highest BCUT2D eigenvalue weighted by Gasteiger charge is 2.21. The maximum atomic E-state index is 13.3. The molecule has 0 amide bonds. The summed E-state index contributed by atoms with van der Waals surface area (Å²) < 4.78 is 18.3. The number of halogens is 1. The van der Waals surface area contributed by atoms with Crippen molar-refractivity contribution in [2.24, 2.45) is 0 Å². The number of esters is 1. The van der Waals surface area contributed by atoms with Gasteiger partial charge in [-0.25, -0.2) is 14.2 Å². The Morgan fingerprint density at radius 3 is 2.67 bits per heavy atom. The van der Waals surface area contributed by atoms with Crippen molar-refractivity contribution in [3.05, 3.63) is 23.6 Å². The summed E-state index contributed by atoms with van der Waals surface area (Å²) in [5, 5.41) is 0. The van der Waals surface area contributed by atoms with Crippen LogP contribution in [-0.4, -0.2) is 16.6 Å². The van der Waals surface area contributed by atoms with Crippen LogP contribution >= 0.6 is 0 Å². The summed E-state index contributed by atoms with van der Waals surface area (Å²) in [5.74, 6) is -1.89. The second-order valence-corrected chi connectivity index (χ2v) is 4.06. The lowest BCUT2D eigenvalue weighted by molar-refractivity contribution is 0.00647. The van der Waals surface area contributed by atoms with E-state index in [2.05, 4.69) is 4.98 Å². The van der Waals surface area contributed by atoms with E-state index in [1.54, 1.807) is 20.8 Å². The van der Waals surface area contributed by atoms with E-state index in [9.17, 15) is 9.18 Å². The minimum Gasteiger partial charge on any atom is -0.456 e. The van der Waals surface area contributed by atoms with Gasteiger partial charge in [-0.1, -0.05) is 0 Å². The van der Waals surface area contributed by atoms with Crippen LogP contribution in [0.2, 0.25) is 0 Å². The lowest BCUT2D eigenvalue weighted by Crippen LogP contribution is -2.24. The molecule has 0 radical (unpaired) electrons. The van der Waals surface area contributed by atoms with Crippen LogP contribution in [0.25, 0.3) is 0 Å². The van der Waals surface area contributed by atoms with Gasteiger partial charge in [0, 0.05) is 6.20 Å². The van der Waals surface area contributed by atoms with Crippen LogP contribution in [0.1, 0.15) is 31.1 Å². The summed E-state index contributed by atoms with van der Waals surface area (Å²) in [6, 6.07) is 1.24. The number of ether oxygens (including phenoxy) is 1. The average molecular weight is 212 g/mol. The van der Waals surface area contributed by atoms with E-state index in [1.165, 1.54) is 12.3 Å². The second-order valence-electron chi connectivity index (χ2n) is 4.06. The highest BCUT2D eigenvalue weighted by atomic mass is 19.1. The van der Waals surface area contributed by atoms with Crippen LogP contribution in [-0.2, 0) is 4.74 Å². The zero-order chi connectivity index (χ0) is 11.6. The summed E-state index contributed by atoms with van der Waals surface area (Å²) in [6.45, 7) is 5.11. The van der Waals surface area contributed by atoms with Crippen LogP contribution < -0.4 is 5.73 Å². The van der Waals surface area contributed by atoms with E-state index in [0.29, 0.717) is 0 Å². The second kappa shape index (κ2) is 3.84. The molecule has 82 valence electrons. The number of aromatic nitrogens is 1. The van der Waals surface area contributed by atoms with Crippen LogP contribution in [0.4, 0.5) is 10.2 Å². The zero-order valence-corrected chi connectivity index (χ0v) is 8.87. The van der Waals surface area contributed by atoms with Crippen molar-refractivity contribution in [3.63, 3.8) is 0 Å². The van der Waals surface area contributed by atoms with Gasteiger partial charge in [0.15, 0.2) is 11.6 Å². The first kappa shape index (κ1) is 11.4. The summed E-state index contributed by atoms with van der Waals surface area (Å²) in [4.78, 5) is 15.0. The third kappa shape index (κ3) is 2.90. The first-order valence-corrected chi connectivity index (χ1v) is 4.44. The lowest BCUT2D eigenvalue weighted by Gasteiger charge is -2.19. The first-order chi connectivity index (χ1) is 6.81. The van der Waals surface area contributed by atoms with Crippen LogP contribution in [0.5, 0.6) is 0 Å². The maximum absolute atomic E-state index is 13.3. The van der Waals surface area contributed by atoms with Gasteiger partial charge in [0.05, 0.1) is 0 Å². The molecule has 0 atom stereocenters. The molecule has 4 nitrogen and oxygen atoms in total. The summed E-state index contributed by atoms with van der Waals surface area (Å²) in [6.07, 6.45) is 1.26. The predicted molar refractivity (Wildman–Crippen MR) is 53.8 cm³/mol. The topological polar surface area (TPSA) is 65.2 Å². The number of hydrogen-bond acceptors (Lipinski definition) is 4. The van der Waals surface area contributed by atoms with Gasteiger partial charge in [-0.2, -0.15) is 0 Å². The van der Waals surface area contributed by atoms with E-state index in [0.717, 1.165) is 0 Å². The predicted octanol–water partition coefficient (Wildman–Crippen LogP) is 1.76. The number of nitrogens with two attached hydrogens (primary N) is 1. The molecule has 0 fully saturated rings. The van der Waals surface area contributed by atoms with Gasteiger partial charge < -0.3 is 10.5 Å². The monoisotopic (exact) mass is 212 g/mol. The number of carbonyl (C=O) groups is 1. The van der Waals surface area contributed by atoms with Gasteiger partial charge >= 0.3 is 5.97 Å². The molecular weight excluding hydrogens is 199 g/mol. The Morgan fingerprint density at radius 1 is 1.53 bits per heavy atom. The van der Waals surface area contributed by atoms with E-state index in [-0.39, 0.29) is 11.4 Å². The number of anilines is 1. The molecule has 1 rings (SSSR count). The quantitative estimate of drug-likeness (QED) is 0.720. The number of pyridine rings is 1. The van der Waals surface area contributed by atoms with Crippen molar-refractivity contribution < 1.29 is 13.9 Å². The molecule has 2 N–H and O–H groups in total. The highest BCUT2D eigenvalue weighted by molar-refractivity contribution is 5.90. The fraction of sp³-hybridized carbons (Fsp3) is 0.400. The van der Waals surface area contributed by atoms with Gasteiger partial charge in [-0.15, -0.1) is 0 Å². The average Bonchev–Trinajstić information content (AvgIpc) is 2.06. The zero-order valence-electron chi connectivity index (χ0n) is 8.87. The molecule has 0 bridgehead atoms. The Hall–Kier alpha value is -1.65. The summed E-state index contributed by atoms with van der Waals surface area (Å²) in [7, 11) is 0. The highest BCUT2D eigenvalue weighted by Crippen LogP contribution is 2.16. The SMILES string of the molecule is CC(C)(C)OC(=O)c1ccnc(N)c1F. The smallest absolute Gasteiger partial charge is 0.341 e. The van der Waals surface area contributed by atoms with E-state index >= 15 is 0 Å². The summed E-state index contributed by atoms with van der Waals surface area (Å²) >= 11 is 0. The normalized spacial score (nSPS) is 11.2. The van der Waals surface area contributed by atoms with Gasteiger partial charge in [0.2, 0.25) is 0 Å². The van der Waals surface area contributed by atoms with Crippen molar-refractivity contribution in [1.82, 2.24) is 4.98 Å². The molecule has 0 saturated heterocycles. The van der Waals surface area contributed by atoms with Crippen molar-refractivity contribution in [2.75, 3.05) is 5.73 Å². The molecule has 0 aliphatic carbocycles. The molecule has 15 heavy (non-hydrogen) atoms. The van der Waals surface area contributed by atoms with Gasteiger partial charge in [-0.3, -0.25) is 0 Å². The summed E-state index contributed by atoms with van der Waals surface area (Å²) in [5.41, 5.74) is 4.37. The molecule has 0 aliphatic heterocycles. The Bertz CT molecular complexity index is 385. The molecule has 1 heterocycles. The Kier molecular flexibility index (Phi) is 2.93. The third-order valence-electron chi connectivity index (χ3n) is 1.53. The molecule has 5 heteroatoms. The standard InChI is InChI=1S/C10H13FN2O2/c1-10(2,3)15-9(14)6-4-5-13-8(12)7(6)11/h4-5H,1-3H3,(H2,12,13). The van der Waals surface area contributed by atoms with Crippen molar-refractivity contribution in [3.8, 4) is 0 Å². The van der Waals surface area contributed by atoms with Crippen molar-refractivity contribution >= 4 is 11.8 Å². The minimum atomic E-state index is -0.841. The minimum absolute atomic E-state index is 0.197. The molecular formula is C10H13FN2O2. The molecule has 0 spiro atoms. The molecule has 1 aromatic rings. The number of rotatable bonds is 1. The Morgan fingerprint density at radius 2 is 2.13 bits per heavy atom. The lowest BCUT2D eigenvalue weighted by atomic mass is 10.2. The number of nitrogen functional groups attached to an aromatic ring is 1. The third-order valence-corrected chi connectivity index (χ3v) is 1.53. The fourth-order valence-corrected chi connectivity index (χ4v) is 0.951. The van der Waals surface area contributed by atoms with E-state index < -0.39 is 17.4 Å². The molecule has 0 unspecified atom stereocenters.